The Bertz CT molecular complexity index is 280. The Morgan fingerprint density at radius 3 is 2.61 bits per heavy atom. The van der Waals surface area contributed by atoms with Crippen LogP contribution in [-0.4, -0.2) is 54.5 Å². The molecule has 0 bridgehead atoms. The maximum absolute atomic E-state index is 12.3. The molecule has 4 nitrogen and oxygen atoms in total. The number of nitrogens with two attached hydrogens (primary N) is 1. The highest BCUT2D eigenvalue weighted by atomic mass is 16.2. The quantitative estimate of drug-likeness (QED) is 0.824. The molecule has 0 aromatic rings. The Morgan fingerprint density at radius 1 is 1.50 bits per heavy atom. The van der Waals surface area contributed by atoms with E-state index in [1.54, 1.807) is 0 Å². The van der Waals surface area contributed by atoms with Gasteiger partial charge in [0, 0.05) is 25.7 Å². The summed E-state index contributed by atoms with van der Waals surface area (Å²) in [4.78, 5) is 16.5. The predicted molar refractivity (Wildman–Crippen MR) is 75.3 cm³/mol. The van der Waals surface area contributed by atoms with Crippen LogP contribution in [0.3, 0.4) is 0 Å². The fraction of sp³-hybridized carbons (Fsp3) is 0.929. The van der Waals surface area contributed by atoms with Crippen molar-refractivity contribution < 1.29 is 4.79 Å². The van der Waals surface area contributed by atoms with E-state index >= 15 is 0 Å². The van der Waals surface area contributed by atoms with E-state index in [1.807, 2.05) is 11.9 Å². The van der Waals surface area contributed by atoms with Gasteiger partial charge < -0.3 is 15.5 Å². The predicted octanol–water partition coefficient (Wildman–Crippen LogP) is 1.30. The smallest absolute Gasteiger partial charge is 0.239 e. The lowest BCUT2D eigenvalue weighted by atomic mass is 9.96. The van der Waals surface area contributed by atoms with Crippen molar-refractivity contribution >= 4 is 5.91 Å². The molecule has 1 aliphatic heterocycles. The first-order valence-corrected chi connectivity index (χ1v) is 7.05. The zero-order valence-electron chi connectivity index (χ0n) is 12.5. The molecule has 1 amide bonds. The molecule has 1 rings (SSSR count). The number of rotatable bonds is 4. The lowest BCUT2D eigenvalue weighted by Crippen LogP contribution is -2.52. The number of piperidine rings is 1. The Balaban J connectivity index is 2.53. The molecule has 1 fully saturated rings. The van der Waals surface area contributed by atoms with Crippen LogP contribution in [0, 0.1) is 5.92 Å². The summed E-state index contributed by atoms with van der Waals surface area (Å²) < 4.78 is 0. The third-order valence-corrected chi connectivity index (χ3v) is 4.12. The van der Waals surface area contributed by atoms with Gasteiger partial charge in [-0.3, -0.25) is 4.79 Å². The molecule has 0 aliphatic carbocycles. The highest BCUT2D eigenvalue weighted by Crippen LogP contribution is 2.20. The Hall–Kier alpha value is -0.610. The molecule has 0 unspecified atom stereocenters. The minimum Gasteiger partial charge on any atom is -0.341 e. The molecule has 0 saturated carbocycles. The molecule has 0 radical (unpaired) electrons. The number of carbonyl (C=O) groups excluding carboxylic acids is 1. The van der Waals surface area contributed by atoms with E-state index in [4.69, 9.17) is 5.73 Å². The topological polar surface area (TPSA) is 49.6 Å². The molecule has 1 saturated heterocycles. The summed E-state index contributed by atoms with van der Waals surface area (Å²) in [5.74, 6) is 0.569. The van der Waals surface area contributed by atoms with Gasteiger partial charge in [-0.15, -0.1) is 0 Å². The summed E-state index contributed by atoms with van der Waals surface area (Å²) >= 11 is 0. The number of likely N-dealkylation sites (tertiary alicyclic amines) is 1. The monoisotopic (exact) mass is 255 g/mol. The minimum atomic E-state index is -0.343. The van der Waals surface area contributed by atoms with Crippen LogP contribution in [0.4, 0.5) is 0 Å². The Kier molecular flexibility index (Phi) is 5.60. The molecular formula is C14H29N3O. The van der Waals surface area contributed by atoms with E-state index in [1.165, 1.54) is 0 Å². The van der Waals surface area contributed by atoms with E-state index in [-0.39, 0.29) is 11.9 Å². The van der Waals surface area contributed by atoms with E-state index in [0.29, 0.717) is 18.0 Å². The molecule has 0 spiro atoms. The molecule has 4 heteroatoms. The molecule has 3 atom stereocenters. The van der Waals surface area contributed by atoms with Crippen LogP contribution >= 0.6 is 0 Å². The van der Waals surface area contributed by atoms with Gasteiger partial charge in [-0.05, 0) is 39.2 Å². The zero-order chi connectivity index (χ0) is 13.9. The number of hydrogen-bond acceptors (Lipinski definition) is 3. The fourth-order valence-corrected chi connectivity index (χ4v) is 2.67. The van der Waals surface area contributed by atoms with Gasteiger partial charge in [0.25, 0.3) is 0 Å². The Labute approximate surface area is 111 Å². The van der Waals surface area contributed by atoms with Crippen molar-refractivity contribution in [2.24, 2.45) is 11.7 Å². The van der Waals surface area contributed by atoms with Gasteiger partial charge in [-0.1, -0.05) is 13.8 Å². The van der Waals surface area contributed by atoms with Crippen LogP contribution < -0.4 is 5.73 Å². The lowest BCUT2D eigenvalue weighted by Gasteiger charge is -2.40. The second kappa shape index (κ2) is 6.53. The third kappa shape index (κ3) is 3.95. The van der Waals surface area contributed by atoms with Crippen molar-refractivity contribution in [3.05, 3.63) is 0 Å². The summed E-state index contributed by atoms with van der Waals surface area (Å²) in [6, 6.07) is 0.548. The first-order chi connectivity index (χ1) is 8.32. The number of amides is 1. The average molecular weight is 255 g/mol. The summed E-state index contributed by atoms with van der Waals surface area (Å²) in [5, 5.41) is 0. The van der Waals surface area contributed by atoms with E-state index < -0.39 is 0 Å². The first-order valence-electron chi connectivity index (χ1n) is 7.05. The van der Waals surface area contributed by atoms with Gasteiger partial charge >= 0.3 is 0 Å². The zero-order valence-corrected chi connectivity index (χ0v) is 12.5. The standard InChI is InChI=1S/C14H29N3O/c1-10(2)8-13(15)14(18)17(5)12-6-7-16(4)11(3)9-12/h10-13H,6-9,15H2,1-5H3/t11-,12-,13-/m0/s1. The summed E-state index contributed by atoms with van der Waals surface area (Å²) in [7, 11) is 4.05. The normalized spacial score (nSPS) is 27.3. The van der Waals surface area contributed by atoms with Gasteiger partial charge in [-0.25, -0.2) is 0 Å². The Morgan fingerprint density at radius 2 is 2.11 bits per heavy atom. The van der Waals surface area contributed by atoms with Crippen molar-refractivity contribution in [3.8, 4) is 0 Å². The number of nitrogens with zero attached hydrogens (tertiary/aromatic N) is 2. The van der Waals surface area contributed by atoms with Crippen LogP contribution in [-0.2, 0) is 4.79 Å². The molecule has 2 N–H and O–H groups in total. The highest BCUT2D eigenvalue weighted by molar-refractivity contribution is 5.81. The minimum absolute atomic E-state index is 0.102. The lowest BCUT2D eigenvalue weighted by molar-refractivity contribution is -0.134. The average Bonchev–Trinajstić information content (AvgIpc) is 2.30. The highest BCUT2D eigenvalue weighted by Gasteiger charge is 2.30. The van der Waals surface area contributed by atoms with Crippen LogP contribution in [0.25, 0.3) is 0 Å². The largest absolute Gasteiger partial charge is 0.341 e. The summed E-state index contributed by atoms with van der Waals surface area (Å²) in [6.45, 7) is 7.48. The van der Waals surface area contributed by atoms with E-state index in [0.717, 1.165) is 25.8 Å². The van der Waals surface area contributed by atoms with Crippen LogP contribution in [0.1, 0.15) is 40.0 Å². The third-order valence-electron chi connectivity index (χ3n) is 4.12. The molecule has 1 heterocycles. The van der Waals surface area contributed by atoms with Crippen molar-refractivity contribution in [3.63, 3.8) is 0 Å². The van der Waals surface area contributed by atoms with Gasteiger partial charge in [0.05, 0.1) is 6.04 Å². The van der Waals surface area contributed by atoms with Gasteiger partial charge in [0.1, 0.15) is 0 Å². The van der Waals surface area contributed by atoms with Gasteiger partial charge in [0.15, 0.2) is 0 Å². The van der Waals surface area contributed by atoms with E-state index in [2.05, 4.69) is 32.7 Å². The second-order valence-electron chi connectivity index (χ2n) is 6.19. The maximum atomic E-state index is 12.3. The van der Waals surface area contributed by atoms with Crippen LogP contribution in [0.2, 0.25) is 0 Å². The van der Waals surface area contributed by atoms with Crippen molar-refractivity contribution in [1.82, 2.24) is 9.80 Å². The number of carbonyl (C=O) groups is 1. The van der Waals surface area contributed by atoms with Crippen LogP contribution in [0.5, 0.6) is 0 Å². The molecule has 1 aliphatic rings. The van der Waals surface area contributed by atoms with Crippen molar-refractivity contribution in [2.75, 3.05) is 20.6 Å². The van der Waals surface area contributed by atoms with Gasteiger partial charge in [0.2, 0.25) is 5.91 Å². The SMILES string of the molecule is CC(C)C[C@H](N)C(=O)N(C)[C@H]1CCN(C)[C@@H](C)C1. The molecule has 18 heavy (non-hydrogen) atoms. The number of likely N-dealkylation sites (N-methyl/N-ethyl adjacent to an activating group) is 1. The molecular weight excluding hydrogens is 226 g/mol. The van der Waals surface area contributed by atoms with E-state index in [9.17, 15) is 4.79 Å². The molecule has 0 aromatic heterocycles. The van der Waals surface area contributed by atoms with Crippen LogP contribution in [0.15, 0.2) is 0 Å². The second-order valence-corrected chi connectivity index (χ2v) is 6.19. The summed E-state index contributed by atoms with van der Waals surface area (Å²) in [5.41, 5.74) is 5.99. The molecule has 106 valence electrons. The first kappa shape index (κ1) is 15.4. The molecule has 0 aromatic carbocycles. The van der Waals surface area contributed by atoms with Crippen molar-refractivity contribution in [2.45, 2.75) is 58.2 Å². The van der Waals surface area contributed by atoms with Crippen molar-refractivity contribution in [1.29, 1.82) is 0 Å². The summed E-state index contributed by atoms with van der Waals surface area (Å²) in [6.07, 6.45) is 2.87. The fourth-order valence-electron chi connectivity index (χ4n) is 2.67. The van der Waals surface area contributed by atoms with Gasteiger partial charge in [-0.2, -0.15) is 0 Å². The number of hydrogen-bond donors (Lipinski definition) is 1. The maximum Gasteiger partial charge on any atom is 0.239 e.